The second-order valence-electron chi connectivity index (χ2n) is 1.59. The smallest absolute Gasteiger partial charge is 0.0815 e. The van der Waals surface area contributed by atoms with Gasteiger partial charge in [-0.3, -0.25) is 0 Å². The third-order valence-electron chi connectivity index (χ3n) is 0.513. The van der Waals surface area contributed by atoms with Gasteiger partial charge in [0.25, 0.3) is 0 Å². The lowest BCUT2D eigenvalue weighted by atomic mass is 10.5. The fourth-order valence-corrected chi connectivity index (χ4v) is 0.241. The van der Waals surface area contributed by atoms with Crippen molar-refractivity contribution in [1.82, 2.24) is 0 Å². The molecular formula is C5H11NO. The van der Waals surface area contributed by atoms with Crippen molar-refractivity contribution in [3.05, 3.63) is 0 Å². The molecule has 0 spiro atoms. The first-order valence-corrected chi connectivity index (χ1v) is 2.38. The van der Waals surface area contributed by atoms with Crippen LogP contribution < -0.4 is 0 Å². The minimum absolute atomic E-state index is 0.251. The first kappa shape index (κ1) is 6.63. The van der Waals surface area contributed by atoms with E-state index in [0.717, 1.165) is 0 Å². The maximum atomic E-state index is 6.55. The predicted octanol–water partition coefficient (Wildman–Crippen LogP) is 1.06. The molecule has 0 aromatic rings. The summed E-state index contributed by atoms with van der Waals surface area (Å²) in [4.78, 5) is 0. The van der Waals surface area contributed by atoms with Gasteiger partial charge in [-0.05, 0) is 13.8 Å². The largest absolute Gasteiger partial charge is 0.373 e. The Morgan fingerprint density at radius 3 is 2.43 bits per heavy atom. The summed E-state index contributed by atoms with van der Waals surface area (Å²) in [5.41, 5.74) is 0. The molecule has 0 rings (SSSR count). The van der Waals surface area contributed by atoms with Gasteiger partial charge in [0.1, 0.15) is 0 Å². The van der Waals surface area contributed by atoms with Crippen LogP contribution in [0.3, 0.4) is 0 Å². The van der Waals surface area contributed by atoms with Gasteiger partial charge in [-0.25, -0.2) is 0 Å². The molecule has 0 fully saturated rings. The molecule has 0 saturated carbocycles. The zero-order chi connectivity index (χ0) is 5.70. The van der Waals surface area contributed by atoms with Crippen LogP contribution >= 0.6 is 0 Å². The Labute approximate surface area is 44.0 Å². The van der Waals surface area contributed by atoms with Crippen LogP contribution in [0, 0.1) is 5.41 Å². The van der Waals surface area contributed by atoms with Crippen LogP contribution in [0.5, 0.6) is 0 Å². The molecule has 0 saturated heterocycles. The van der Waals surface area contributed by atoms with E-state index in [1.165, 1.54) is 6.21 Å². The Kier molecular flexibility index (Phi) is 3.61. The molecule has 0 aliphatic heterocycles. The monoisotopic (exact) mass is 101 g/mol. The normalized spacial score (nSPS) is 9.57. The summed E-state index contributed by atoms with van der Waals surface area (Å²) in [5.74, 6) is 0. The van der Waals surface area contributed by atoms with Crippen LogP contribution in [0.2, 0.25) is 0 Å². The van der Waals surface area contributed by atoms with Crippen LogP contribution in [0.4, 0.5) is 0 Å². The van der Waals surface area contributed by atoms with E-state index in [4.69, 9.17) is 10.1 Å². The number of rotatable bonds is 3. The highest BCUT2D eigenvalue weighted by Crippen LogP contribution is 1.82. The molecule has 0 aromatic carbocycles. The highest BCUT2D eigenvalue weighted by atomic mass is 16.5. The van der Waals surface area contributed by atoms with E-state index in [2.05, 4.69) is 0 Å². The molecular weight excluding hydrogens is 90.1 g/mol. The Morgan fingerprint density at radius 2 is 2.29 bits per heavy atom. The van der Waals surface area contributed by atoms with Gasteiger partial charge in [0, 0.05) is 6.21 Å². The van der Waals surface area contributed by atoms with Gasteiger partial charge >= 0.3 is 0 Å². The Balaban J connectivity index is 2.81. The fraction of sp³-hybridized carbons (Fsp3) is 0.800. The van der Waals surface area contributed by atoms with Gasteiger partial charge in [0.05, 0.1) is 12.7 Å². The third-order valence-corrected chi connectivity index (χ3v) is 0.513. The molecule has 7 heavy (non-hydrogen) atoms. The molecule has 0 unspecified atom stereocenters. The number of hydrogen-bond acceptors (Lipinski definition) is 2. The van der Waals surface area contributed by atoms with Crippen LogP contribution in [0.15, 0.2) is 0 Å². The first-order valence-electron chi connectivity index (χ1n) is 2.38. The molecule has 1 N–H and O–H groups in total. The van der Waals surface area contributed by atoms with Crippen molar-refractivity contribution < 1.29 is 4.74 Å². The zero-order valence-electron chi connectivity index (χ0n) is 4.77. The van der Waals surface area contributed by atoms with E-state index in [0.29, 0.717) is 6.61 Å². The fourth-order valence-electron chi connectivity index (χ4n) is 0.241. The maximum absolute atomic E-state index is 6.55. The van der Waals surface area contributed by atoms with E-state index in [1.54, 1.807) is 0 Å². The SMILES string of the molecule is CC(C)OCC=N. The average Bonchev–Trinajstić information content (AvgIpc) is 1.61. The molecule has 0 radical (unpaired) electrons. The van der Waals surface area contributed by atoms with Gasteiger partial charge in [-0.2, -0.15) is 0 Å². The maximum Gasteiger partial charge on any atom is 0.0815 e. The van der Waals surface area contributed by atoms with Gasteiger partial charge in [-0.15, -0.1) is 0 Å². The second-order valence-corrected chi connectivity index (χ2v) is 1.59. The molecule has 0 heterocycles. The van der Waals surface area contributed by atoms with Crippen molar-refractivity contribution >= 4 is 6.21 Å². The Morgan fingerprint density at radius 1 is 1.71 bits per heavy atom. The summed E-state index contributed by atoms with van der Waals surface area (Å²) in [5, 5.41) is 6.55. The molecule has 2 heteroatoms. The summed E-state index contributed by atoms with van der Waals surface area (Å²) in [6.07, 6.45) is 1.50. The van der Waals surface area contributed by atoms with Gasteiger partial charge in [0.15, 0.2) is 0 Å². The Hall–Kier alpha value is -0.370. The molecule has 0 aromatic heterocycles. The molecule has 2 nitrogen and oxygen atoms in total. The summed E-state index contributed by atoms with van der Waals surface area (Å²) in [6.45, 7) is 4.34. The molecule has 0 aliphatic rings. The first-order chi connectivity index (χ1) is 3.27. The van der Waals surface area contributed by atoms with E-state index >= 15 is 0 Å². The van der Waals surface area contributed by atoms with Crippen LogP contribution in [0.1, 0.15) is 13.8 Å². The van der Waals surface area contributed by atoms with Crippen LogP contribution in [-0.2, 0) is 4.74 Å². The Bertz CT molecular complexity index is 52.0. The van der Waals surface area contributed by atoms with Crippen molar-refractivity contribution in [2.24, 2.45) is 0 Å². The highest BCUT2D eigenvalue weighted by Gasteiger charge is 1.85. The van der Waals surface area contributed by atoms with Gasteiger partial charge in [-0.1, -0.05) is 0 Å². The number of hydrogen-bond donors (Lipinski definition) is 1. The summed E-state index contributed by atoms with van der Waals surface area (Å²) >= 11 is 0. The summed E-state index contributed by atoms with van der Waals surface area (Å²) in [7, 11) is 0. The van der Waals surface area contributed by atoms with E-state index in [1.807, 2.05) is 13.8 Å². The predicted molar refractivity (Wildman–Crippen MR) is 29.9 cm³/mol. The number of ether oxygens (including phenoxy) is 1. The lowest BCUT2D eigenvalue weighted by molar-refractivity contribution is 0.112. The quantitative estimate of drug-likeness (QED) is 0.530. The molecule has 0 aliphatic carbocycles. The third kappa shape index (κ3) is 5.63. The van der Waals surface area contributed by atoms with Crippen LogP contribution in [0.25, 0.3) is 0 Å². The molecule has 42 valence electrons. The summed E-state index contributed by atoms with van der Waals surface area (Å²) in [6, 6.07) is 0. The average molecular weight is 101 g/mol. The minimum atomic E-state index is 0.251. The van der Waals surface area contributed by atoms with Crippen molar-refractivity contribution in [1.29, 1.82) is 5.41 Å². The molecule has 0 bridgehead atoms. The van der Waals surface area contributed by atoms with Crippen molar-refractivity contribution in [3.8, 4) is 0 Å². The van der Waals surface area contributed by atoms with E-state index in [9.17, 15) is 0 Å². The van der Waals surface area contributed by atoms with E-state index in [-0.39, 0.29) is 6.10 Å². The van der Waals surface area contributed by atoms with Crippen molar-refractivity contribution in [3.63, 3.8) is 0 Å². The van der Waals surface area contributed by atoms with Crippen LogP contribution in [-0.4, -0.2) is 18.9 Å². The lowest BCUT2D eigenvalue weighted by Crippen LogP contribution is -2.03. The van der Waals surface area contributed by atoms with Crippen molar-refractivity contribution in [2.45, 2.75) is 20.0 Å². The molecule has 0 amide bonds. The van der Waals surface area contributed by atoms with E-state index < -0.39 is 0 Å². The van der Waals surface area contributed by atoms with Gasteiger partial charge < -0.3 is 10.1 Å². The standard InChI is InChI=1S/C5H11NO/c1-5(2)7-4-3-6/h3,5-6H,4H2,1-2H3. The topological polar surface area (TPSA) is 33.1 Å². The highest BCUT2D eigenvalue weighted by molar-refractivity contribution is 5.54. The van der Waals surface area contributed by atoms with Gasteiger partial charge in [0.2, 0.25) is 0 Å². The minimum Gasteiger partial charge on any atom is -0.373 e. The molecule has 0 atom stereocenters. The zero-order valence-corrected chi connectivity index (χ0v) is 4.77. The lowest BCUT2D eigenvalue weighted by Gasteiger charge is -2.00. The summed E-state index contributed by atoms with van der Waals surface area (Å²) < 4.78 is 4.95. The second kappa shape index (κ2) is 3.81. The van der Waals surface area contributed by atoms with Crippen molar-refractivity contribution in [2.75, 3.05) is 6.61 Å². The number of nitrogens with one attached hydrogen (secondary N) is 1.